The predicted molar refractivity (Wildman–Crippen MR) is 106 cm³/mol. The van der Waals surface area contributed by atoms with Crippen LogP contribution in [0.25, 0.3) is 6.08 Å². The van der Waals surface area contributed by atoms with Crippen molar-refractivity contribution < 1.29 is 9.53 Å². The number of benzene rings is 2. The van der Waals surface area contributed by atoms with Crippen molar-refractivity contribution >= 4 is 67.8 Å². The minimum Gasteiger partial charge on any atom is -0.488 e. The topological polar surface area (TPSA) is 38.3 Å². The maximum Gasteiger partial charge on any atom is 0.263 e. The molecule has 0 aliphatic carbocycles. The number of halogens is 2. The molecule has 1 aliphatic rings. The van der Waals surface area contributed by atoms with E-state index in [1.165, 1.54) is 11.8 Å². The van der Waals surface area contributed by atoms with Crippen molar-refractivity contribution in [2.24, 2.45) is 0 Å². The number of thioether (sulfide) groups is 1. The summed E-state index contributed by atoms with van der Waals surface area (Å²) in [6.45, 7) is 0.342. The minimum absolute atomic E-state index is 0.193. The molecule has 3 nitrogen and oxygen atoms in total. The van der Waals surface area contributed by atoms with Crippen LogP contribution in [0, 0.1) is 0 Å². The van der Waals surface area contributed by atoms with Crippen molar-refractivity contribution in [2.75, 3.05) is 0 Å². The zero-order valence-electron chi connectivity index (χ0n) is 12.2. The summed E-state index contributed by atoms with van der Waals surface area (Å²) in [7, 11) is 0. The van der Waals surface area contributed by atoms with Crippen LogP contribution >= 0.6 is 51.5 Å². The summed E-state index contributed by atoms with van der Waals surface area (Å²) in [6.07, 6.45) is 1.77. The Morgan fingerprint density at radius 1 is 1.29 bits per heavy atom. The van der Waals surface area contributed by atoms with Crippen molar-refractivity contribution in [1.29, 1.82) is 0 Å². The normalized spacial score (nSPS) is 15.7. The van der Waals surface area contributed by atoms with E-state index >= 15 is 0 Å². The van der Waals surface area contributed by atoms with Gasteiger partial charge in [0.2, 0.25) is 0 Å². The van der Waals surface area contributed by atoms with Crippen molar-refractivity contribution in [2.45, 2.75) is 6.61 Å². The molecule has 1 heterocycles. The Labute approximate surface area is 162 Å². The van der Waals surface area contributed by atoms with E-state index in [2.05, 4.69) is 21.2 Å². The second-order valence-electron chi connectivity index (χ2n) is 4.91. The first kappa shape index (κ1) is 17.5. The largest absolute Gasteiger partial charge is 0.488 e. The fraction of sp³-hybridized carbons (Fsp3) is 0.0588. The highest BCUT2D eigenvalue weighted by atomic mass is 79.9. The number of carbonyl (C=O) groups excluding carboxylic acids is 1. The molecule has 2 aromatic rings. The van der Waals surface area contributed by atoms with Crippen LogP contribution in [-0.2, 0) is 11.4 Å². The number of hydrogen-bond donors (Lipinski definition) is 1. The van der Waals surface area contributed by atoms with Gasteiger partial charge in [0.15, 0.2) is 0 Å². The van der Waals surface area contributed by atoms with Gasteiger partial charge in [-0.15, -0.1) is 0 Å². The van der Waals surface area contributed by atoms with E-state index in [9.17, 15) is 4.79 Å². The van der Waals surface area contributed by atoms with Crippen molar-refractivity contribution in [3.8, 4) is 5.75 Å². The lowest BCUT2D eigenvalue weighted by Gasteiger charge is -2.11. The summed E-state index contributed by atoms with van der Waals surface area (Å²) in [5.74, 6) is 0.471. The number of amides is 1. The fourth-order valence-corrected chi connectivity index (χ4v) is 3.70. The molecule has 1 amide bonds. The Balaban J connectivity index is 1.86. The maximum absolute atomic E-state index is 11.9. The summed E-state index contributed by atoms with van der Waals surface area (Å²) >= 11 is 15.9. The summed E-state index contributed by atoms with van der Waals surface area (Å²) in [5.41, 5.74) is 1.69. The maximum atomic E-state index is 11.9. The third kappa shape index (κ3) is 4.19. The molecule has 1 aliphatic heterocycles. The van der Waals surface area contributed by atoms with Crippen LogP contribution in [0.1, 0.15) is 11.1 Å². The zero-order chi connectivity index (χ0) is 17.1. The molecule has 1 fully saturated rings. The van der Waals surface area contributed by atoms with Gasteiger partial charge in [0, 0.05) is 20.6 Å². The van der Waals surface area contributed by atoms with Crippen molar-refractivity contribution in [3.05, 3.63) is 68.0 Å². The summed E-state index contributed by atoms with van der Waals surface area (Å²) in [4.78, 5) is 12.4. The van der Waals surface area contributed by atoms with Crippen LogP contribution in [-0.4, -0.2) is 10.2 Å². The van der Waals surface area contributed by atoms with Gasteiger partial charge in [-0.3, -0.25) is 4.79 Å². The van der Waals surface area contributed by atoms with Gasteiger partial charge >= 0.3 is 0 Å². The van der Waals surface area contributed by atoms with Crippen molar-refractivity contribution in [3.63, 3.8) is 0 Å². The monoisotopic (exact) mass is 439 g/mol. The fourth-order valence-electron chi connectivity index (χ4n) is 2.10. The van der Waals surface area contributed by atoms with Gasteiger partial charge in [-0.2, -0.15) is 0 Å². The quantitative estimate of drug-likeness (QED) is 0.526. The lowest BCUT2D eigenvalue weighted by atomic mass is 10.2. The highest BCUT2D eigenvalue weighted by molar-refractivity contribution is 9.10. The van der Waals surface area contributed by atoms with E-state index < -0.39 is 0 Å². The lowest BCUT2D eigenvalue weighted by Crippen LogP contribution is -2.17. The second-order valence-corrected chi connectivity index (χ2v) is 7.96. The van der Waals surface area contributed by atoms with Crippen LogP contribution in [0.15, 0.2) is 51.8 Å². The van der Waals surface area contributed by atoms with Gasteiger partial charge in [0.05, 0.1) is 4.91 Å². The summed E-state index contributed by atoms with van der Waals surface area (Å²) < 4.78 is 7.26. The molecule has 122 valence electrons. The Kier molecular flexibility index (Phi) is 5.61. The summed E-state index contributed by atoms with van der Waals surface area (Å²) in [5, 5.41) is 3.26. The molecule has 7 heteroatoms. The second kappa shape index (κ2) is 7.70. The smallest absolute Gasteiger partial charge is 0.263 e. The standard InChI is InChI=1S/C17H11BrClNO2S2/c18-12-5-6-14(22-9-10-3-1-2-4-13(10)19)11(7-12)8-15-16(21)20-17(23)24-15/h1-8H,9H2,(H,20,21,23). The van der Waals surface area contributed by atoms with E-state index in [1.54, 1.807) is 6.08 Å². The Morgan fingerprint density at radius 2 is 2.08 bits per heavy atom. The zero-order valence-corrected chi connectivity index (χ0v) is 16.2. The molecule has 0 atom stereocenters. The first-order chi connectivity index (χ1) is 11.5. The molecule has 3 rings (SSSR count). The summed E-state index contributed by atoms with van der Waals surface area (Å²) in [6, 6.07) is 13.2. The molecule has 2 aromatic carbocycles. The highest BCUT2D eigenvalue weighted by Crippen LogP contribution is 2.31. The van der Waals surface area contributed by atoms with Crippen LogP contribution in [0.4, 0.5) is 0 Å². The number of nitrogens with one attached hydrogen (secondary N) is 1. The van der Waals surface area contributed by atoms with E-state index in [0.29, 0.717) is 26.6 Å². The van der Waals surface area contributed by atoms with Gasteiger partial charge in [0.1, 0.15) is 16.7 Å². The Hall–Kier alpha value is -1.34. The third-order valence-corrected chi connectivity index (χ3v) is 5.27. The Bertz CT molecular complexity index is 854. The van der Waals surface area contributed by atoms with Crippen LogP contribution < -0.4 is 10.1 Å². The number of carbonyl (C=O) groups is 1. The first-order valence-electron chi connectivity index (χ1n) is 6.93. The number of rotatable bonds is 4. The predicted octanol–water partition coefficient (Wildman–Crippen LogP) is 5.17. The van der Waals surface area contributed by atoms with Gasteiger partial charge in [-0.25, -0.2) is 0 Å². The number of thiocarbonyl (C=S) groups is 1. The molecule has 0 aromatic heterocycles. The van der Waals surface area contributed by atoms with E-state index in [-0.39, 0.29) is 5.91 Å². The minimum atomic E-state index is -0.193. The average Bonchev–Trinajstić information content (AvgIpc) is 2.85. The molecule has 0 saturated carbocycles. The number of ether oxygens (including phenoxy) is 1. The SMILES string of the molecule is O=C1NC(=S)SC1=Cc1cc(Br)ccc1OCc1ccccc1Cl. The van der Waals surface area contributed by atoms with E-state index in [0.717, 1.165) is 15.6 Å². The van der Waals surface area contributed by atoms with Crippen molar-refractivity contribution in [1.82, 2.24) is 5.32 Å². The van der Waals surface area contributed by atoms with E-state index in [1.807, 2.05) is 42.5 Å². The lowest BCUT2D eigenvalue weighted by molar-refractivity contribution is -0.115. The highest BCUT2D eigenvalue weighted by Gasteiger charge is 2.22. The van der Waals surface area contributed by atoms with E-state index in [4.69, 9.17) is 28.6 Å². The molecule has 0 radical (unpaired) electrons. The van der Waals surface area contributed by atoms with Gasteiger partial charge in [-0.05, 0) is 30.3 Å². The molecular formula is C17H11BrClNO2S2. The molecule has 0 bridgehead atoms. The van der Waals surface area contributed by atoms with Gasteiger partial charge < -0.3 is 10.1 Å². The first-order valence-corrected chi connectivity index (χ1v) is 9.33. The van der Waals surface area contributed by atoms with Gasteiger partial charge in [0.25, 0.3) is 5.91 Å². The average molecular weight is 441 g/mol. The Morgan fingerprint density at radius 3 is 2.79 bits per heavy atom. The van der Waals surface area contributed by atoms with Crippen LogP contribution in [0.3, 0.4) is 0 Å². The molecule has 1 N–H and O–H groups in total. The molecule has 24 heavy (non-hydrogen) atoms. The molecule has 0 spiro atoms. The third-order valence-electron chi connectivity index (χ3n) is 3.24. The number of hydrogen-bond acceptors (Lipinski definition) is 4. The molecule has 0 unspecified atom stereocenters. The molecule has 1 saturated heterocycles. The van der Waals surface area contributed by atoms with Crippen LogP contribution in [0.5, 0.6) is 5.75 Å². The molecular weight excluding hydrogens is 430 g/mol. The van der Waals surface area contributed by atoms with Gasteiger partial charge in [-0.1, -0.05) is 69.7 Å². The van der Waals surface area contributed by atoms with Crippen LogP contribution in [0.2, 0.25) is 5.02 Å².